The van der Waals surface area contributed by atoms with Crippen molar-refractivity contribution < 1.29 is 19.4 Å². The lowest BCUT2D eigenvalue weighted by atomic mass is 9.95. The van der Waals surface area contributed by atoms with Gasteiger partial charge in [-0.1, -0.05) is 50.5 Å². The number of benzene rings is 2. The zero-order chi connectivity index (χ0) is 24.6. The van der Waals surface area contributed by atoms with Gasteiger partial charge in [0.1, 0.15) is 22.9 Å². The average Bonchev–Trinajstić information content (AvgIpc) is 3.41. The summed E-state index contributed by atoms with van der Waals surface area (Å²) in [7, 11) is 0. The van der Waals surface area contributed by atoms with Crippen molar-refractivity contribution in [3.05, 3.63) is 65.4 Å². The number of H-pyrrole nitrogens is 1. The zero-order valence-electron chi connectivity index (χ0n) is 20.6. The van der Waals surface area contributed by atoms with Crippen LogP contribution in [0.25, 0.3) is 11.3 Å². The fourth-order valence-electron chi connectivity index (χ4n) is 4.60. The van der Waals surface area contributed by atoms with E-state index in [4.69, 9.17) is 9.47 Å². The van der Waals surface area contributed by atoms with Gasteiger partial charge in [0.15, 0.2) is 0 Å². The van der Waals surface area contributed by atoms with E-state index in [0.29, 0.717) is 43.3 Å². The number of ether oxygens (including phenoxy) is 2. The number of aromatic nitrogens is 2. The molecule has 2 heterocycles. The molecule has 0 radical (unpaired) electrons. The lowest BCUT2D eigenvalue weighted by Gasteiger charge is -2.26. The fraction of sp³-hybridized carbons (Fsp3) is 0.429. The van der Waals surface area contributed by atoms with Crippen LogP contribution < -0.4 is 4.74 Å². The van der Waals surface area contributed by atoms with Crippen LogP contribution in [0.15, 0.2) is 48.5 Å². The summed E-state index contributed by atoms with van der Waals surface area (Å²) in [6.07, 6.45) is 5.38. The molecule has 1 aliphatic rings. The van der Waals surface area contributed by atoms with Crippen molar-refractivity contribution in [2.24, 2.45) is 0 Å². The first-order valence-electron chi connectivity index (χ1n) is 12.6. The second-order valence-corrected chi connectivity index (χ2v) is 8.81. The standard InChI is InChI=1S/C28H35N3O4/c1-3-5-6-9-19-35-21-15-13-20(14-16-21)27-24-25(22-11-7-8-12-23(22)32)29-30-26(24)28(33)31(27)17-10-18-34-4-2/h7-8,11-16,27,32H,3-6,9-10,17-19H2,1-2H3,(H,29,30). The Balaban J connectivity index is 1.62. The minimum absolute atomic E-state index is 0.0908. The van der Waals surface area contributed by atoms with Crippen molar-refractivity contribution in [3.63, 3.8) is 0 Å². The predicted octanol–water partition coefficient (Wildman–Crippen LogP) is 5.71. The molecule has 0 aliphatic carbocycles. The molecule has 7 heteroatoms. The van der Waals surface area contributed by atoms with Crippen molar-refractivity contribution in [1.82, 2.24) is 15.1 Å². The summed E-state index contributed by atoms with van der Waals surface area (Å²) in [5, 5.41) is 17.9. The Bertz CT molecular complexity index is 1110. The van der Waals surface area contributed by atoms with E-state index in [9.17, 15) is 9.90 Å². The number of nitrogens with zero attached hydrogens (tertiary/aromatic N) is 2. The van der Waals surface area contributed by atoms with E-state index in [2.05, 4.69) is 17.1 Å². The van der Waals surface area contributed by atoms with E-state index >= 15 is 0 Å². The third-order valence-corrected chi connectivity index (χ3v) is 6.38. The molecule has 1 aromatic heterocycles. The molecule has 0 fully saturated rings. The molecule has 7 nitrogen and oxygen atoms in total. The predicted molar refractivity (Wildman–Crippen MR) is 136 cm³/mol. The van der Waals surface area contributed by atoms with Gasteiger partial charge in [-0.3, -0.25) is 9.89 Å². The molecule has 186 valence electrons. The number of amides is 1. The molecule has 4 rings (SSSR count). The quantitative estimate of drug-likeness (QED) is 0.308. The maximum atomic E-state index is 13.4. The van der Waals surface area contributed by atoms with Crippen LogP contribution in [0.5, 0.6) is 11.5 Å². The van der Waals surface area contributed by atoms with Crippen LogP contribution in [0, 0.1) is 0 Å². The van der Waals surface area contributed by atoms with Crippen LogP contribution in [-0.2, 0) is 4.74 Å². The molecule has 1 unspecified atom stereocenters. The first-order chi connectivity index (χ1) is 17.2. The molecule has 0 saturated heterocycles. The van der Waals surface area contributed by atoms with E-state index in [1.165, 1.54) is 19.3 Å². The molecular weight excluding hydrogens is 442 g/mol. The Morgan fingerprint density at radius 3 is 2.54 bits per heavy atom. The minimum Gasteiger partial charge on any atom is -0.507 e. The van der Waals surface area contributed by atoms with Crippen LogP contribution in [0.4, 0.5) is 0 Å². The first kappa shape index (κ1) is 24.8. The summed E-state index contributed by atoms with van der Waals surface area (Å²) in [5.74, 6) is 0.868. The SMILES string of the molecule is CCCCCCOc1ccc(C2c3c(-c4ccccc4O)n[nH]c3C(=O)N2CCCOCC)cc1. The third-order valence-electron chi connectivity index (χ3n) is 6.38. The number of phenolic OH excluding ortho intramolecular Hbond substituents is 1. The van der Waals surface area contributed by atoms with Crippen molar-refractivity contribution >= 4 is 5.91 Å². The highest BCUT2D eigenvalue weighted by Gasteiger charge is 2.42. The maximum absolute atomic E-state index is 13.4. The number of hydrogen-bond donors (Lipinski definition) is 2. The molecule has 3 aromatic rings. The molecule has 0 saturated carbocycles. The topological polar surface area (TPSA) is 87.7 Å². The molecule has 35 heavy (non-hydrogen) atoms. The van der Waals surface area contributed by atoms with Gasteiger partial charge in [0.05, 0.1) is 12.6 Å². The minimum atomic E-state index is -0.314. The normalized spacial score (nSPS) is 15.0. The number of aromatic hydroxyl groups is 1. The molecule has 1 aliphatic heterocycles. The van der Waals surface area contributed by atoms with Crippen molar-refractivity contribution in [2.45, 2.75) is 52.0 Å². The Morgan fingerprint density at radius 2 is 1.80 bits per heavy atom. The number of para-hydroxylation sites is 1. The number of fused-ring (bicyclic) bond motifs is 1. The van der Waals surface area contributed by atoms with Crippen LogP contribution >= 0.6 is 0 Å². The summed E-state index contributed by atoms with van der Waals surface area (Å²) in [5.41, 5.74) is 3.44. The lowest BCUT2D eigenvalue weighted by molar-refractivity contribution is 0.0710. The van der Waals surface area contributed by atoms with E-state index in [1.54, 1.807) is 12.1 Å². The number of carbonyl (C=O) groups is 1. The highest BCUT2D eigenvalue weighted by Crippen LogP contribution is 2.44. The van der Waals surface area contributed by atoms with Gasteiger partial charge in [0.25, 0.3) is 5.91 Å². The Morgan fingerprint density at radius 1 is 1.00 bits per heavy atom. The number of nitrogens with one attached hydrogen (secondary N) is 1. The van der Waals surface area contributed by atoms with Gasteiger partial charge in [0.2, 0.25) is 0 Å². The third kappa shape index (κ3) is 5.51. The fourth-order valence-corrected chi connectivity index (χ4v) is 4.60. The zero-order valence-corrected chi connectivity index (χ0v) is 20.6. The number of aromatic amines is 1. The monoisotopic (exact) mass is 477 g/mol. The number of phenols is 1. The largest absolute Gasteiger partial charge is 0.507 e. The van der Waals surface area contributed by atoms with E-state index in [0.717, 1.165) is 29.7 Å². The summed E-state index contributed by atoms with van der Waals surface area (Å²) < 4.78 is 11.4. The average molecular weight is 478 g/mol. The summed E-state index contributed by atoms with van der Waals surface area (Å²) in [4.78, 5) is 15.3. The van der Waals surface area contributed by atoms with E-state index in [1.807, 2.05) is 48.2 Å². The van der Waals surface area contributed by atoms with Crippen LogP contribution in [0.3, 0.4) is 0 Å². The number of rotatable bonds is 13. The summed E-state index contributed by atoms with van der Waals surface area (Å²) >= 11 is 0. The Hall–Kier alpha value is -3.32. The molecule has 1 atom stereocenters. The van der Waals surface area contributed by atoms with Crippen LogP contribution in [-0.4, -0.2) is 52.5 Å². The second-order valence-electron chi connectivity index (χ2n) is 8.81. The smallest absolute Gasteiger partial charge is 0.273 e. The number of hydrogen-bond acceptors (Lipinski definition) is 5. The second kappa shape index (κ2) is 11.9. The molecule has 2 N–H and O–H groups in total. The van der Waals surface area contributed by atoms with Crippen LogP contribution in [0.2, 0.25) is 0 Å². The van der Waals surface area contributed by atoms with Gasteiger partial charge in [-0.05, 0) is 49.6 Å². The van der Waals surface area contributed by atoms with Gasteiger partial charge < -0.3 is 19.5 Å². The van der Waals surface area contributed by atoms with Gasteiger partial charge >= 0.3 is 0 Å². The molecule has 2 aromatic carbocycles. The van der Waals surface area contributed by atoms with Crippen molar-refractivity contribution in [2.75, 3.05) is 26.4 Å². The first-order valence-corrected chi connectivity index (χ1v) is 12.6. The van der Waals surface area contributed by atoms with Gasteiger partial charge in [-0.25, -0.2) is 0 Å². The molecule has 1 amide bonds. The highest BCUT2D eigenvalue weighted by atomic mass is 16.5. The highest BCUT2D eigenvalue weighted by molar-refractivity contribution is 6.00. The molecule has 0 spiro atoms. The number of unbranched alkanes of at least 4 members (excludes halogenated alkanes) is 3. The van der Waals surface area contributed by atoms with Crippen molar-refractivity contribution in [1.29, 1.82) is 0 Å². The van der Waals surface area contributed by atoms with Gasteiger partial charge in [0, 0.05) is 30.9 Å². The Labute approximate surface area is 207 Å². The molecular formula is C28H35N3O4. The molecule has 0 bridgehead atoms. The van der Waals surface area contributed by atoms with Crippen LogP contribution in [0.1, 0.15) is 73.6 Å². The number of carbonyl (C=O) groups excluding carboxylic acids is 1. The summed E-state index contributed by atoms with van der Waals surface area (Å²) in [6, 6.07) is 14.7. The summed E-state index contributed by atoms with van der Waals surface area (Å²) in [6.45, 7) is 6.67. The van der Waals surface area contributed by atoms with E-state index in [-0.39, 0.29) is 17.7 Å². The van der Waals surface area contributed by atoms with Crippen molar-refractivity contribution in [3.8, 4) is 22.8 Å². The maximum Gasteiger partial charge on any atom is 0.273 e. The lowest BCUT2D eigenvalue weighted by Crippen LogP contribution is -2.31. The van der Waals surface area contributed by atoms with E-state index < -0.39 is 0 Å². The van der Waals surface area contributed by atoms with Gasteiger partial charge in [-0.15, -0.1) is 0 Å². The Kier molecular flexibility index (Phi) is 8.42. The van der Waals surface area contributed by atoms with Gasteiger partial charge in [-0.2, -0.15) is 5.10 Å².